The molecule has 0 saturated heterocycles. The van der Waals surface area contributed by atoms with Crippen molar-refractivity contribution < 1.29 is 13.9 Å². The molecule has 1 atom stereocenters. The summed E-state index contributed by atoms with van der Waals surface area (Å²) in [7, 11) is 3.65. The van der Waals surface area contributed by atoms with Gasteiger partial charge in [-0.1, -0.05) is 6.07 Å². The molecule has 0 amide bonds. The van der Waals surface area contributed by atoms with E-state index in [4.69, 9.17) is 4.74 Å². The van der Waals surface area contributed by atoms with E-state index in [9.17, 15) is 9.18 Å². The van der Waals surface area contributed by atoms with Crippen LogP contribution in [0.3, 0.4) is 0 Å². The molecule has 0 aliphatic rings. The minimum Gasteiger partial charge on any atom is -0.462 e. The molecule has 0 spiro atoms. The fourth-order valence-electron chi connectivity index (χ4n) is 2.82. The molecule has 1 unspecified atom stereocenters. The first-order chi connectivity index (χ1) is 14.3. The van der Waals surface area contributed by atoms with Crippen molar-refractivity contribution >= 4 is 52.9 Å². The molecule has 0 aliphatic carbocycles. The fourth-order valence-corrected chi connectivity index (χ4v) is 3.78. The number of benzene rings is 1. The van der Waals surface area contributed by atoms with Gasteiger partial charge in [-0.05, 0) is 45.4 Å². The van der Waals surface area contributed by atoms with E-state index in [2.05, 4.69) is 20.6 Å². The van der Waals surface area contributed by atoms with E-state index < -0.39 is 0 Å². The predicted octanol–water partition coefficient (Wildman–Crippen LogP) is 4.14. The minimum atomic E-state index is -0.337. The van der Waals surface area contributed by atoms with Crippen LogP contribution in [-0.2, 0) is 4.74 Å². The molecule has 2 rings (SSSR count). The lowest BCUT2D eigenvalue weighted by atomic mass is 10.2. The van der Waals surface area contributed by atoms with Gasteiger partial charge in [0, 0.05) is 32.9 Å². The molecule has 31 heavy (non-hydrogen) atoms. The largest absolute Gasteiger partial charge is 0.462 e. The average Bonchev–Trinajstić information content (AvgIpc) is 3.12. The third-order valence-electron chi connectivity index (χ3n) is 4.43. The van der Waals surface area contributed by atoms with Gasteiger partial charge in [0.1, 0.15) is 15.7 Å². The quantitative estimate of drug-likeness (QED) is 0.157. The Labute approximate surface area is 204 Å². The van der Waals surface area contributed by atoms with Gasteiger partial charge in [-0.25, -0.2) is 14.2 Å². The van der Waals surface area contributed by atoms with Crippen molar-refractivity contribution in [1.82, 2.24) is 15.6 Å². The second-order valence-electron chi connectivity index (χ2n) is 6.81. The lowest BCUT2D eigenvalue weighted by Crippen LogP contribution is -2.39. The predicted molar refractivity (Wildman–Crippen MR) is 135 cm³/mol. The third kappa shape index (κ3) is 8.24. The van der Waals surface area contributed by atoms with Crippen molar-refractivity contribution in [3.8, 4) is 0 Å². The van der Waals surface area contributed by atoms with Gasteiger partial charge in [-0.15, -0.1) is 35.3 Å². The Balaban J connectivity index is 0.00000480. The Bertz CT molecular complexity index is 877. The van der Waals surface area contributed by atoms with Crippen molar-refractivity contribution in [1.29, 1.82) is 0 Å². The van der Waals surface area contributed by atoms with Gasteiger partial charge in [0.2, 0.25) is 0 Å². The summed E-state index contributed by atoms with van der Waals surface area (Å²) in [5, 5.41) is 7.37. The molecule has 0 aliphatic heterocycles. The number of carbonyl (C=O) groups is 1. The number of ether oxygens (including phenoxy) is 1. The van der Waals surface area contributed by atoms with Crippen molar-refractivity contribution in [2.24, 2.45) is 4.99 Å². The van der Waals surface area contributed by atoms with E-state index in [0.717, 1.165) is 23.7 Å². The van der Waals surface area contributed by atoms with E-state index >= 15 is 0 Å². The van der Waals surface area contributed by atoms with Crippen molar-refractivity contribution in [2.45, 2.75) is 33.2 Å². The van der Waals surface area contributed by atoms with Gasteiger partial charge in [0.15, 0.2) is 5.96 Å². The first-order valence-electron chi connectivity index (χ1n) is 9.94. The number of anilines is 1. The molecule has 2 N–H and O–H groups in total. The van der Waals surface area contributed by atoms with E-state index in [0.29, 0.717) is 29.7 Å². The summed E-state index contributed by atoms with van der Waals surface area (Å²) in [4.78, 5) is 23.3. The number of nitrogens with one attached hydrogen (secondary N) is 2. The molecule has 7 nitrogen and oxygen atoms in total. The van der Waals surface area contributed by atoms with Crippen LogP contribution in [0.25, 0.3) is 0 Å². The van der Waals surface area contributed by atoms with Crippen LogP contribution in [0, 0.1) is 12.7 Å². The van der Waals surface area contributed by atoms with Crippen LogP contribution >= 0.6 is 35.3 Å². The Morgan fingerprint density at radius 3 is 2.81 bits per heavy atom. The number of hydrogen-bond acceptors (Lipinski definition) is 6. The molecule has 1 aromatic heterocycles. The molecule has 10 heteroatoms. The fraction of sp³-hybridized carbons (Fsp3) is 0.476. The number of rotatable bonds is 9. The molecule has 1 heterocycles. The molecular weight excluding hydrogens is 532 g/mol. The number of nitrogens with zero attached hydrogens (tertiary/aromatic N) is 3. The summed E-state index contributed by atoms with van der Waals surface area (Å²) in [6.07, 6.45) is 0.853. The van der Waals surface area contributed by atoms with Gasteiger partial charge in [0.25, 0.3) is 0 Å². The Kier molecular flexibility index (Phi) is 11.8. The van der Waals surface area contributed by atoms with Gasteiger partial charge in [-0.3, -0.25) is 4.99 Å². The summed E-state index contributed by atoms with van der Waals surface area (Å²) >= 11 is 1.33. The van der Waals surface area contributed by atoms with Crippen LogP contribution in [0.2, 0.25) is 0 Å². The maximum Gasteiger partial charge on any atom is 0.350 e. The highest BCUT2D eigenvalue weighted by molar-refractivity contribution is 14.0. The number of hydrogen-bond donors (Lipinski definition) is 2. The SMILES string of the molecule is CCOC(=O)c1sc(C(C)NC(=NC)NCCCN(C)c2cccc(F)c2)nc1C.I. The van der Waals surface area contributed by atoms with E-state index in [1.54, 1.807) is 27.0 Å². The van der Waals surface area contributed by atoms with Gasteiger partial charge < -0.3 is 20.3 Å². The van der Waals surface area contributed by atoms with Crippen LogP contribution < -0.4 is 15.5 Å². The summed E-state index contributed by atoms with van der Waals surface area (Å²) in [6.45, 7) is 7.38. The number of guanidine groups is 1. The normalized spacial score (nSPS) is 12.0. The van der Waals surface area contributed by atoms with Gasteiger partial charge in [0.05, 0.1) is 18.3 Å². The van der Waals surface area contributed by atoms with Crippen LogP contribution in [0.4, 0.5) is 10.1 Å². The molecule has 0 fully saturated rings. The topological polar surface area (TPSA) is 78.8 Å². The summed E-state index contributed by atoms with van der Waals surface area (Å²) < 4.78 is 18.4. The molecule has 172 valence electrons. The lowest BCUT2D eigenvalue weighted by Gasteiger charge is -2.20. The van der Waals surface area contributed by atoms with Crippen LogP contribution in [0.1, 0.15) is 46.7 Å². The number of esters is 1. The van der Waals surface area contributed by atoms with Gasteiger partial charge >= 0.3 is 5.97 Å². The minimum absolute atomic E-state index is 0. The maximum atomic E-state index is 13.3. The molecular formula is C21H31FIN5O2S. The van der Waals surface area contributed by atoms with Crippen molar-refractivity contribution in [3.05, 3.63) is 45.7 Å². The second kappa shape index (κ2) is 13.5. The monoisotopic (exact) mass is 563 g/mol. The van der Waals surface area contributed by atoms with E-state index in [-0.39, 0.29) is 41.8 Å². The number of aryl methyl sites for hydroxylation is 1. The van der Waals surface area contributed by atoms with Crippen molar-refractivity contribution in [2.75, 3.05) is 38.7 Å². The Hall–Kier alpha value is -1.95. The van der Waals surface area contributed by atoms with E-state index in [1.165, 1.54) is 23.5 Å². The molecule has 1 aromatic carbocycles. The third-order valence-corrected chi connectivity index (χ3v) is 5.75. The smallest absolute Gasteiger partial charge is 0.350 e. The Morgan fingerprint density at radius 2 is 2.16 bits per heavy atom. The number of halogens is 2. The number of aliphatic imine (C=N–C) groups is 1. The zero-order valence-corrected chi connectivity index (χ0v) is 21.7. The van der Waals surface area contributed by atoms with Crippen LogP contribution in [0.5, 0.6) is 0 Å². The zero-order valence-electron chi connectivity index (χ0n) is 18.6. The van der Waals surface area contributed by atoms with Crippen LogP contribution in [0.15, 0.2) is 29.3 Å². The highest BCUT2D eigenvalue weighted by Gasteiger charge is 2.20. The van der Waals surface area contributed by atoms with E-state index in [1.807, 2.05) is 24.9 Å². The van der Waals surface area contributed by atoms with Gasteiger partial charge in [-0.2, -0.15) is 0 Å². The highest BCUT2D eigenvalue weighted by Crippen LogP contribution is 2.24. The number of carbonyl (C=O) groups excluding carboxylic acids is 1. The number of thiazole rings is 1. The maximum absolute atomic E-state index is 13.3. The first kappa shape index (κ1) is 27.1. The number of aromatic nitrogens is 1. The highest BCUT2D eigenvalue weighted by atomic mass is 127. The molecule has 0 bridgehead atoms. The molecule has 0 saturated carbocycles. The summed E-state index contributed by atoms with van der Waals surface area (Å²) in [6, 6.07) is 6.45. The van der Waals surface area contributed by atoms with Crippen LogP contribution in [-0.4, -0.2) is 50.7 Å². The molecule has 0 radical (unpaired) electrons. The Morgan fingerprint density at radius 1 is 1.42 bits per heavy atom. The lowest BCUT2D eigenvalue weighted by molar-refractivity contribution is 0.0531. The summed E-state index contributed by atoms with van der Waals surface area (Å²) in [5.74, 6) is 0.0805. The zero-order chi connectivity index (χ0) is 22.1. The molecule has 2 aromatic rings. The standard InChI is InChI=1S/C21H30FN5O2S.HI/c1-6-29-20(28)18-14(2)25-19(30-18)15(3)26-21(23-4)24-11-8-12-27(5)17-10-7-9-16(22)13-17;/h7,9-10,13,15H,6,8,11-12H2,1-5H3,(H2,23,24,26);1H. The average molecular weight is 563 g/mol. The second-order valence-corrected chi connectivity index (χ2v) is 7.84. The van der Waals surface area contributed by atoms with Crippen molar-refractivity contribution in [3.63, 3.8) is 0 Å². The first-order valence-corrected chi connectivity index (χ1v) is 10.8. The summed E-state index contributed by atoms with van der Waals surface area (Å²) in [5.41, 5.74) is 1.52.